The summed E-state index contributed by atoms with van der Waals surface area (Å²) in [5, 5.41) is 8.77. The van der Waals surface area contributed by atoms with E-state index in [1.165, 1.54) is 0 Å². The van der Waals surface area contributed by atoms with Gasteiger partial charge in [-0.15, -0.1) is 0 Å². The summed E-state index contributed by atoms with van der Waals surface area (Å²) < 4.78 is 17.6. The van der Waals surface area contributed by atoms with Crippen LogP contribution >= 0.6 is 7.60 Å². The number of unbranched alkanes of at least 4 members (excludes halogenated alkanes) is 1. The Kier molecular flexibility index (Phi) is 8.32. The topological polar surface area (TPSA) is 66.8 Å². The van der Waals surface area contributed by atoms with E-state index in [9.17, 15) is 9.46 Å². The van der Waals surface area contributed by atoms with Crippen LogP contribution in [-0.4, -0.2) is 29.4 Å². The number of aliphatic hydroxyl groups is 1. The third kappa shape index (κ3) is 11.6. The van der Waals surface area contributed by atoms with Gasteiger partial charge in [0.1, 0.15) is 0 Å². The largest absolute Gasteiger partial charge is 0.396 e. The Morgan fingerprint density at radius 2 is 1.36 bits per heavy atom. The van der Waals surface area contributed by atoms with Crippen molar-refractivity contribution >= 4 is 7.60 Å². The fourth-order valence-electron chi connectivity index (χ4n) is 3.47. The van der Waals surface area contributed by atoms with Crippen molar-refractivity contribution in [1.29, 1.82) is 0 Å². The van der Waals surface area contributed by atoms with Gasteiger partial charge < -0.3 is 14.5 Å². The molecule has 0 rings (SSSR count). The van der Waals surface area contributed by atoms with Gasteiger partial charge in [0.15, 0.2) is 0 Å². The molecule has 0 aliphatic rings. The quantitative estimate of drug-likeness (QED) is 0.467. The van der Waals surface area contributed by atoms with Gasteiger partial charge in [-0.1, -0.05) is 48.5 Å². The van der Waals surface area contributed by atoms with E-state index in [1.807, 2.05) is 0 Å². The predicted octanol–water partition coefficient (Wildman–Crippen LogP) is 4.84. The van der Waals surface area contributed by atoms with E-state index < -0.39 is 7.60 Å². The van der Waals surface area contributed by atoms with Crippen LogP contribution in [0.25, 0.3) is 0 Å². The molecule has 5 heteroatoms. The molecule has 0 aromatic rings. The van der Waals surface area contributed by atoms with Crippen LogP contribution in [0.3, 0.4) is 0 Å². The Bertz CT molecular complexity index is 350. The molecule has 0 radical (unpaired) electrons. The van der Waals surface area contributed by atoms with Crippen molar-refractivity contribution in [1.82, 2.24) is 0 Å². The maximum absolute atomic E-state index is 12.1. The summed E-state index contributed by atoms with van der Waals surface area (Å²) in [6, 6.07) is 0. The number of hydrogen-bond donors (Lipinski definition) is 2. The summed E-state index contributed by atoms with van der Waals surface area (Å²) in [6.45, 7) is 15.6. The van der Waals surface area contributed by atoms with Crippen molar-refractivity contribution in [2.24, 2.45) is 16.2 Å². The van der Waals surface area contributed by atoms with Gasteiger partial charge in [-0.3, -0.25) is 4.57 Å². The SMILES string of the molecule is CC(C)(C)CC(C)(COP(=O)(O)CCCCO)CC(C)(C)C. The third-order valence-electron chi connectivity index (χ3n) is 3.38. The molecule has 22 heavy (non-hydrogen) atoms. The first kappa shape index (κ1) is 22.1. The van der Waals surface area contributed by atoms with Crippen molar-refractivity contribution < 1.29 is 19.1 Å². The summed E-state index contributed by atoms with van der Waals surface area (Å²) in [5.74, 6) is 0. The van der Waals surface area contributed by atoms with E-state index in [1.54, 1.807) is 0 Å². The molecule has 0 fully saturated rings. The second kappa shape index (κ2) is 8.28. The lowest BCUT2D eigenvalue weighted by Gasteiger charge is -2.40. The number of hydrogen-bond acceptors (Lipinski definition) is 3. The molecule has 0 aromatic heterocycles. The van der Waals surface area contributed by atoms with E-state index in [0.717, 1.165) is 12.8 Å². The fourth-order valence-corrected chi connectivity index (χ4v) is 4.74. The van der Waals surface area contributed by atoms with Gasteiger partial charge in [0.25, 0.3) is 0 Å². The molecule has 0 aliphatic carbocycles. The maximum atomic E-state index is 12.1. The summed E-state index contributed by atoms with van der Waals surface area (Å²) in [6.07, 6.45) is 3.05. The Labute approximate surface area is 137 Å². The van der Waals surface area contributed by atoms with Crippen molar-refractivity contribution in [3.05, 3.63) is 0 Å². The lowest BCUT2D eigenvalue weighted by molar-refractivity contribution is 0.0590. The van der Waals surface area contributed by atoms with E-state index in [-0.39, 0.29) is 29.0 Å². The van der Waals surface area contributed by atoms with Crippen LogP contribution in [-0.2, 0) is 9.09 Å². The lowest BCUT2D eigenvalue weighted by Crippen LogP contribution is -2.32. The van der Waals surface area contributed by atoms with Crippen LogP contribution in [0.1, 0.15) is 74.1 Å². The normalized spacial score (nSPS) is 16.6. The van der Waals surface area contributed by atoms with Gasteiger partial charge in [-0.25, -0.2) is 0 Å². The molecule has 1 unspecified atom stereocenters. The van der Waals surface area contributed by atoms with Gasteiger partial charge in [-0.05, 0) is 41.9 Å². The number of rotatable bonds is 9. The lowest BCUT2D eigenvalue weighted by atomic mass is 9.68. The molecule has 0 saturated heterocycles. The zero-order chi connectivity index (χ0) is 17.7. The van der Waals surface area contributed by atoms with Crippen LogP contribution < -0.4 is 0 Å². The summed E-state index contributed by atoms with van der Waals surface area (Å²) in [7, 11) is -3.56. The first-order valence-corrected chi connectivity index (χ1v) is 10.0. The highest BCUT2D eigenvalue weighted by molar-refractivity contribution is 7.52. The molecular weight excluding hydrogens is 299 g/mol. The minimum atomic E-state index is -3.56. The highest BCUT2D eigenvalue weighted by Crippen LogP contribution is 2.48. The van der Waals surface area contributed by atoms with Gasteiger partial charge >= 0.3 is 7.60 Å². The van der Waals surface area contributed by atoms with E-state index >= 15 is 0 Å². The van der Waals surface area contributed by atoms with Crippen molar-refractivity contribution in [2.75, 3.05) is 19.4 Å². The average Bonchev–Trinajstić information content (AvgIpc) is 2.21. The average molecular weight is 336 g/mol. The standard InChI is InChI=1S/C17H37O4P/c1-15(2,3)12-17(7,13-16(4,5)6)14-21-22(19,20)11-9-8-10-18/h18H,8-14H2,1-7H3,(H,19,20). The second-order valence-electron chi connectivity index (χ2n) is 9.35. The summed E-state index contributed by atoms with van der Waals surface area (Å²) in [5.41, 5.74) is 0.144. The van der Waals surface area contributed by atoms with Gasteiger partial charge in [0, 0.05) is 6.61 Å². The molecule has 0 bridgehead atoms. The van der Waals surface area contributed by atoms with Crippen LogP contribution in [0.15, 0.2) is 0 Å². The first-order chi connectivity index (χ1) is 9.68. The Balaban J connectivity index is 4.81. The molecule has 0 heterocycles. The Morgan fingerprint density at radius 3 is 1.73 bits per heavy atom. The highest BCUT2D eigenvalue weighted by Gasteiger charge is 2.36. The van der Waals surface area contributed by atoms with Crippen LogP contribution in [0, 0.1) is 16.2 Å². The van der Waals surface area contributed by atoms with Gasteiger partial charge in [0.2, 0.25) is 0 Å². The molecule has 0 amide bonds. The summed E-state index contributed by atoms with van der Waals surface area (Å²) >= 11 is 0. The van der Waals surface area contributed by atoms with E-state index in [2.05, 4.69) is 48.5 Å². The Hall–Kier alpha value is 0.110. The van der Waals surface area contributed by atoms with Gasteiger partial charge in [-0.2, -0.15) is 0 Å². The second-order valence-corrected chi connectivity index (χ2v) is 11.3. The van der Waals surface area contributed by atoms with Crippen molar-refractivity contribution in [2.45, 2.75) is 74.1 Å². The van der Waals surface area contributed by atoms with Crippen LogP contribution in [0.5, 0.6) is 0 Å². The fraction of sp³-hybridized carbons (Fsp3) is 1.00. The van der Waals surface area contributed by atoms with Crippen LogP contribution in [0.2, 0.25) is 0 Å². The molecule has 2 N–H and O–H groups in total. The third-order valence-corrected chi connectivity index (χ3v) is 4.79. The minimum Gasteiger partial charge on any atom is -0.396 e. The zero-order valence-electron chi connectivity index (χ0n) is 15.6. The number of aliphatic hydroxyl groups excluding tert-OH is 1. The van der Waals surface area contributed by atoms with E-state index in [4.69, 9.17) is 9.63 Å². The molecule has 4 nitrogen and oxygen atoms in total. The highest BCUT2D eigenvalue weighted by atomic mass is 31.2. The van der Waals surface area contributed by atoms with Gasteiger partial charge in [0.05, 0.1) is 12.8 Å². The smallest absolute Gasteiger partial charge is 0.328 e. The zero-order valence-corrected chi connectivity index (χ0v) is 16.5. The molecule has 0 saturated carbocycles. The molecule has 1 atom stereocenters. The molecular formula is C17H37O4P. The monoisotopic (exact) mass is 336 g/mol. The summed E-state index contributed by atoms with van der Waals surface area (Å²) in [4.78, 5) is 9.95. The first-order valence-electron chi connectivity index (χ1n) is 8.25. The predicted molar refractivity (Wildman–Crippen MR) is 93.2 cm³/mol. The Morgan fingerprint density at radius 1 is 0.909 bits per heavy atom. The molecule has 0 spiro atoms. The van der Waals surface area contributed by atoms with Crippen molar-refractivity contribution in [3.8, 4) is 0 Å². The molecule has 0 aliphatic heterocycles. The molecule has 0 aromatic carbocycles. The van der Waals surface area contributed by atoms with Crippen LogP contribution in [0.4, 0.5) is 0 Å². The van der Waals surface area contributed by atoms with Crippen molar-refractivity contribution in [3.63, 3.8) is 0 Å². The minimum absolute atomic E-state index is 0.0474. The van der Waals surface area contributed by atoms with E-state index in [0.29, 0.717) is 19.4 Å². The molecule has 134 valence electrons. The maximum Gasteiger partial charge on any atom is 0.328 e.